The second-order valence-electron chi connectivity index (χ2n) is 9.49. The summed E-state index contributed by atoms with van der Waals surface area (Å²) in [6, 6.07) is 0. The van der Waals surface area contributed by atoms with E-state index in [1.165, 1.54) is 115 Å². The molecule has 3 heteroatoms. The maximum absolute atomic E-state index is 10.2. The van der Waals surface area contributed by atoms with Crippen LogP contribution in [0.5, 0.6) is 0 Å². The van der Waals surface area contributed by atoms with Crippen LogP contribution in [-0.4, -0.2) is 41.3 Å². The summed E-state index contributed by atoms with van der Waals surface area (Å²) in [7, 11) is 0. The van der Waals surface area contributed by atoms with Crippen molar-refractivity contribution in [1.29, 1.82) is 0 Å². The number of hydrogen-bond acceptors (Lipinski definition) is 2. The van der Waals surface area contributed by atoms with Crippen LogP contribution in [-0.2, 0) is 0 Å². The number of aliphatic imine (C=N–C) groups is 1. The number of nitrogens with zero attached hydrogens (tertiary/aromatic N) is 2. The molecule has 1 aliphatic rings. The predicted molar refractivity (Wildman–Crippen MR) is 133 cm³/mol. The third kappa shape index (κ3) is 11.1. The quantitative estimate of drug-likeness (QED) is 0.114. The molecule has 0 aliphatic carbocycles. The summed E-state index contributed by atoms with van der Waals surface area (Å²) < 4.78 is 0.718. The number of unbranched alkanes of at least 4 members (excludes halogenated alkanes) is 16. The van der Waals surface area contributed by atoms with Gasteiger partial charge in [0, 0.05) is 13.3 Å². The highest BCUT2D eigenvalue weighted by molar-refractivity contribution is 5.76. The molecule has 0 aromatic carbocycles. The Kier molecular flexibility index (Phi) is 16.4. The average molecular weight is 422 g/mol. The summed E-state index contributed by atoms with van der Waals surface area (Å²) in [5, 5.41) is 10.2. The third-order valence-electron chi connectivity index (χ3n) is 7.15. The first-order chi connectivity index (χ1) is 14.7. The summed E-state index contributed by atoms with van der Waals surface area (Å²) >= 11 is 0. The number of aliphatic hydroxyl groups excluding tert-OH is 1. The van der Waals surface area contributed by atoms with Crippen molar-refractivity contribution in [2.24, 2.45) is 4.99 Å². The third-order valence-corrected chi connectivity index (χ3v) is 7.15. The SMILES string of the molecule is C=CCCCCCCCCCCCCCCCCCCC1=NCC[N+]1(CC)C(C)O. The molecule has 0 spiro atoms. The van der Waals surface area contributed by atoms with Crippen LogP contribution >= 0.6 is 0 Å². The van der Waals surface area contributed by atoms with Crippen LogP contribution in [0.15, 0.2) is 17.6 Å². The van der Waals surface area contributed by atoms with Gasteiger partial charge in [0.2, 0.25) is 5.84 Å². The minimum absolute atomic E-state index is 0.316. The zero-order chi connectivity index (χ0) is 21.9. The molecule has 0 amide bonds. The van der Waals surface area contributed by atoms with Crippen LogP contribution in [0.2, 0.25) is 0 Å². The van der Waals surface area contributed by atoms with Gasteiger partial charge in [0.15, 0.2) is 6.23 Å². The fourth-order valence-corrected chi connectivity index (χ4v) is 4.98. The molecule has 1 N–H and O–H groups in total. The van der Waals surface area contributed by atoms with E-state index in [1.807, 2.05) is 13.0 Å². The van der Waals surface area contributed by atoms with E-state index in [1.54, 1.807) is 0 Å². The summed E-state index contributed by atoms with van der Waals surface area (Å²) in [5.74, 6) is 1.25. The van der Waals surface area contributed by atoms with Gasteiger partial charge in [-0.25, -0.2) is 4.99 Å². The highest BCUT2D eigenvalue weighted by Gasteiger charge is 2.40. The lowest BCUT2D eigenvalue weighted by Gasteiger charge is -2.36. The number of allylic oxidation sites excluding steroid dienone is 1. The lowest BCUT2D eigenvalue weighted by atomic mass is 10.0. The second kappa shape index (κ2) is 18.0. The number of rotatable bonds is 21. The standard InChI is InChI=1S/C27H53N2O/c1-4-6-7-8-9-10-11-12-13-14-15-16-17-18-19-20-21-22-23-27-28-24-25-29(27,5-2)26(3)30/h4,26,30H,1,5-25H2,2-3H3/q+1. The molecule has 0 saturated heterocycles. The fraction of sp³-hybridized carbons (Fsp3) is 0.889. The Morgan fingerprint density at radius 1 is 0.833 bits per heavy atom. The van der Waals surface area contributed by atoms with Gasteiger partial charge in [0.05, 0.1) is 13.1 Å². The largest absolute Gasteiger partial charge is 0.345 e. The van der Waals surface area contributed by atoms with Crippen LogP contribution in [0.4, 0.5) is 0 Å². The summed E-state index contributed by atoms with van der Waals surface area (Å²) in [4.78, 5) is 4.72. The number of likely N-dealkylation sites (N-methyl/N-ethyl adjacent to an activating group) is 1. The average Bonchev–Trinajstić information content (AvgIpc) is 3.17. The van der Waals surface area contributed by atoms with Gasteiger partial charge in [-0.2, -0.15) is 0 Å². The topological polar surface area (TPSA) is 32.6 Å². The molecule has 0 aromatic rings. The van der Waals surface area contributed by atoms with E-state index in [-0.39, 0.29) is 6.23 Å². The van der Waals surface area contributed by atoms with Gasteiger partial charge in [-0.15, -0.1) is 6.58 Å². The summed E-state index contributed by atoms with van der Waals surface area (Å²) in [5.41, 5.74) is 0. The predicted octanol–water partition coefficient (Wildman–Crippen LogP) is 7.78. The Balaban J connectivity index is 1.83. The molecule has 2 atom stereocenters. The summed E-state index contributed by atoms with van der Waals surface area (Å²) in [6.45, 7) is 10.7. The molecule has 30 heavy (non-hydrogen) atoms. The molecule has 1 aliphatic heterocycles. The molecule has 176 valence electrons. The van der Waals surface area contributed by atoms with E-state index in [4.69, 9.17) is 4.99 Å². The molecule has 3 nitrogen and oxygen atoms in total. The van der Waals surface area contributed by atoms with Gasteiger partial charge in [0.25, 0.3) is 0 Å². The monoisotopic (exact) mass is 421 g/mol. The van der Waals surface area contributed by atoms with E-state index >= 15 is 0 Å². The van der Waals surface area contributed by atoms with Gasteiger partial charge in [-0.1, -0.05) is 96.0 Å². The normalized spacial score (nSPS) is 19.8. The maximum atomic E-state index is 10.2. The molecule has 0 saturated carbocycles. The molecule has 0 radical (unpaired) electrons. The smallest absolute Gasteiger partial charge is 0.200 e. The van der Waals surface area contributed by atoms with Crippen LogP contribution in [0.25, 0.3) is 0 Å². The van der Waals surface area contributed by atoms with Crippen molar-refractivity contribution in [2.75, 3.05) is 19.6 Å². The first-order valence-electron chi connectivity index (χ1n) is 13.4. The number of hydrogen-bond donors (Lipinski definition) is 1. The van der Waals surface area contributed by atoms with E-state index in [0.717, 1.165) is 30.5 Å². The van der Waals surface area contributed by atoms with Crippen molar-refractivity contribution < 1.29 is 9.59 Å². The summed E-state index contributed by atoms with van der Waals surface area (Å²) in [6.07, 6.45) is 26.4. The van der Waals surface area contributed by atoms with Crippen molar-refractivity contribution >= 4 is 5.84 Å². The molecule has 1 heterocycles. The van der Waals surface area contributed by atoms with E-state index in [0.29, 0.717) is 0 Å². The molecule has 0 aromatic heterocycles. The second-order valence-corrected chi connectivity index (χ2v) is 9.49. The van der Waals surface area contributed by atoms with Crippen molar-refractivity contribution in [3.05, 3.63) is 12.7 Å². The Bertz CT molecular complexity index is 446. The van der Waals surface area contributed by atoms with Crippen molar-refractivity contribution in [2.45, 2.75) is 136 Å². The van der Waals surface area contributed by atoms with Crippen LogP contribution in [0, 0.1) is 0 Å². The van der Waals surface area contributed by atoms with Gasteiger partial charge in [-0.05, 0) is 26.2 Å². The Hall–Kier alpha value is -0.670. The van der Waals surface area contributed by atoms with Crippen LogP contribution in [0.1, 0.15) is 129 Å². The molecule has 1 rings (SSSR count). The van der Waals surface area contributed by atoms with E-state index in [2.05, 4.69) is 13.5 Å². The lowest BCUT2D eigenvalue weighted by Crippen LogP contribution is -2.56. The van der Waals surface area contributed by atoms with Crippen LogP contribution < -0.4 is 0 Å². The molecular formula is C27H53N2O+. The Morgan fingerprint density at radius 2 is 1.27 bits per heavy atom. The van der Waals surface area contributed by atoms with Crippen molar-refractivity contribution in [1.82, 2.24) is 0 Å². The van der Waals surface area contributed by atoms with E-state index < -0.39 is 0 Å². The molecule has 0 fully saturated rings. The van der Waals surface area contributed by atoms with Gasteiger partial charge in [-0.3, -0.25) is 4.48 Å². The highest BCUT2D eigenvalue weighted by Crippen LogP contribution is 2.23. The molecule has 2 unspecified atom stereocenters. The van der Waals surface area contributed by atoms with Gasteiger partial charge in [0.1, 0.15) is 6.54 Å². The first-order valence-corrected chi connectivity index (χ1v) is 13.4. The highest BCUT2D eigenvalue weighted by atomic mass is 16.3. The zero-order valence-corrected chi connectivity index (χ0v) is 20.6. The number of aliphatic hydroxyl groups is 1. The molecule has 0 bridgehead atoms. The van der Waals surface area contributed by atoms with Crippen molar-refractivity contribution in [3.8, 4) is 0 Å². The Morgan fingerprint density at radius 3 is 1.67 bits per heavy atom. The van der Waals surface area contributed by atoms with E-state index in [9.17, 15) is 5.11 Å². The van der Waals surface area contributed by atoms with Crippen LogP contribution in [0.3, 0.4) is 0 Å². The van der Waals surface area contributed by atoms with Gasteiger partial charge >= 0.3 is 0 Å². The molecular weight excluding hydrogens is 368 g/mol. The zero-order valence-electron chi connectivity index (χ0n) is 20.6. The lowest BCUT2D eigenvalue weighted by molar-refractivity contribution is -0.882. The van der Waals surface area contributed by atoms with Gasteiger partial charge < -0.3 is 5.11 Å². The van der Waals surface area contributed by atoms with Crippen molar-refractivity contribution in [3.63, 3.8) is 0 Å². The number of amidine groups is 1. The minimum Gasteiger partial charge on any atom is -0.345 e. The Labute approximate surface area is 188 Å². The first kappa shape index (κ1) is 27.4. The maximum Gasteiger partial charge on any atom is 0.200 e. The minimum atomic E-state index is -0.316. The fourth-order valence-electron chi connectivity index (χ4n) is 4.98. The number of quaternary nitrogens is 1.